The maximum absolute atomic E-state index is 13.9. The fraction of sp³-hybridized carbons (Fsp3) is 0.286. The van der Waals surface area contributed by atoms with E-state index in [0.717, 1.165) is 11.4 Å². The Morgan fingerprint density at radius 3 is 3.00 bits per heavy atom. The summed E-state index contributed by atoms with van der Waals surface area (Å²) in [5.41, 5.74) is 0.593. The van der Waals surface area contributed by atoms with Gasteiger partial charge in [-0.2, -0.15) is 5.26 Å². The molecule has 0 bridgehead atoms. The van der Waals surface area contributed by atoms with Crippen LogP contribution in [0.5, 0.6) is 0 Å². The van der Waals surface area contributed by atoms with Gasteiger partial charge in [0.2, 0.25) is 0 Å². The molecule has 1 aromatic carbocycles. The highest BCUT2D eigenvalue weighted by Gasteiger charge is 2.13. The molecule has 1 N–H and O–H groups in total. The smallest absolute Gasteiger partial charge is 0.145 e. The predicted molar refractivity (Wildman–Crippen MR) is 73.1 cm³/mol. The Hall–Kier alpha value is -1.77. The van der Waals surface area contributed by atoms with E-state index in [4.69, 9.17) is 5.26 Å². The maximum atomic E-state index is 13.9. The lowest BCUT2D eigenvalue weighted by molar-refractivity contribution is 0.502. The van der Waals surface area contributed by atoms with Gasteiger partial charge in [-0.25, -0.2) is 9.37 Å². The molecule has 0 amide bonds. The van der Waals surface area contributed by atoms with Gasteiger partial charge in [0.05, 0.1) is 11.6 Å². The molecule has 0 aliphatic rings. The van der Waals surface area contributed by atoms with Crippen LogP contribution in [0, 0.1) is 17.1 Å². The first-order valence-corrected chi connectivity index (χ1v) is 6.94. The van der Waals surface area contributed by atoms with E-state index >= 15 is 0 Å². The van der Waals surface area contributed by atoms with Crippen LogP contribution < -0.4 is 5.32 Å². The minimum Gasteiger partial charge on any atom is -0.304 e. The van der Waals surface area contributed by atoms with E-state index in [-0.39, 0.29) is 11.6 Å². The second-order valence-corrected chi connectivity index (χ2v) is 5.03. The lowest BCUT2D eigenvalue weighted by Gasteiger charge is -2.14. The molecule has 0 aliphatic carbocycles. The Kier molecular flexibility index (Phi) is 4.61. The number of rotatable bonds is 5. The molecule has 0 saturated carbocycles. The predicted octanol–water partition coefficient (Wildman–Crippen LogP) is 3.39. The van der Waals surface area contributed by atoms with Crippen LogP contribution in [-0.2, 0) is 6.54 Å². The van der Waals surface area contributed by atoms with Crippen molar-refractivity contribution in [1.29, 1.82) is 5.26 Å². The van der Waals surface area contributed by atoms with Crippen LogP contribution in [0.15, 0.2) is 29.8 Å². The van der Waals surface area contributed by atoms with Crippen LogP contribution in [0.4, 0.5) is 4.39 Å². The molecule has 3 nitrogen and oxygen atoms in total. The van der Waals surface area contributed by atoms with Crippen molar-refractivity contribution >= 4 is 11.3 Å². The molecule has 1 atom stereocenters. The summed E-state index contributed by atoms with van der Waals surface area (Å²) in [4.78, 5) is 4.27. The molecule has 19 heavy (non-hydrogen) atoms. The summed E-state index contributed by atoms with van der Waals surface area (Å²) in [7, 11) is 0. The second kappa shape index (κ2) is 6.41. The van der Waals surface area contributed by atoms with Gasteiger partial charge in [0.25, 0.3) is 0 Å². The summed E-state index contributed by atoms with van der Waals surface area (Å²) in [5.74, 6) is -0.438. The molecule has 0 saturated heterocycles. The first-order valence-electron chi connectivity index (χ1n) is 6.06. The zero-order chi connectivity index (χ0) is 13.7. The van der Waals surface area contributed by atoms with E-state index in [0.29, 0.717) is 12.1 Å². The number of nitrogens with zero attached hydrogens (tertiary/aromatic N) is 2. The maximum Gasteiger partial charge on any atom is 0.145 e. The fourth-order valence-electron chi connectivity index (χ4n) is 1.85. The zero-order valence-corrected chi connectivity index (χ0v) is 11.4. The lowest BCUT2D eigenvalue weighted by atomic mass is 10.1. The summed E-state index contributed by atoms with van der Waals surface area (Å²) in [5, 5.41) is 15.0. The third-order valence-corrected chi connectivity index (χ3v) is 3.79. The Bertz CT molecular complexity index is 575. The largest absolute Gasteiger partial charge is 0.304 e. The summed E-state index contributed by atoms with van der Waals surface area (Å²) in [6, 6.07) is 6.84. The van der Waals surface area contributed by atoms with Gasteiger partial charge in [0.1, 0.15) is 16.9 Å². The van der Waals surface area contributed by atoms with E-state index in [1.165, 1.54) is 6.07 Å². The standard InChI is InChI=1S/C14H14FN3S/c1-2-12(14-17-6-7-19-14)18-9-11-5-3-4-10(8-16)13(11)15/h3-7,12,18H,2,9H2,1H3. The SMILES string of the molecule is CCC(NCc1cccc(C#N)c1F)c1nccs1. The van der Waals surface area contributed by atoms with Gasteiger partial charge >= 0.3 is 0 Å². The van der Waals surface area contributed by atoms with Gasteiger partial charge in [-0.3, -0.25) is 0 Å². The van der Waals surface area contributed by atoms with Crippen LogP contribution in [0.2, 0.25) is 0 Å². The average Bonchev–Trinajstić information content (AvgIpc) is 2.95. The fourth-order valence-corrected chi connectivity index (χ4v) is 2.65. The van der Waals surface area contributed by atoms with Gasteiger partial charge in [0.15, 0.2) is 0 Å². The number of nitrogens with one attached hydrogen (secondary N) is 1. The van der Waals surface area contributed by atoms with Gasteiger partial charge in [-0.1, -0.05) is 19.1 Å². The molecule has 1 unspecified atom stereocenters. The number of aromatic nitrogens is 1. The van der Waals surface area contributed by atoms with Crippen LogP contribution >= 0.6 is 11.3 Å². The summed E-state index contributed by atoms with van der Waals surface area (Å²) < 4.78 is 13.9. The molecular formula is C14H14FN3S. The van der Waals surface area contributed by atoms with Gasteiger partial charge in [0, 0.05) is 23.7 Å². The number of thiazole rings is 1. The van der Waals surface area contributed by atoms with Crippen molar-refractivity contribution in [3.63, 3.8) is 0 Å². The van der Waals surface area contributed by atoms with Crippen molar-refractivity contribution in [2.75, 3.05) is 0 Å². The van der Waals surface area contributed by atoms with Crippen LogP contribution in [0.3, 0.4) is 0 Å². The monoisotopic (exact) mass is 275 g/mol. The van der Waals surface area contributed by atoms with Crippen LogP contribution in [0.1, 0.15) is 35.5 Å². The third kappa shape index (κ3) is 3.16. The van der Waals surface area contributed by atoms with E-state index in [9.17, 15) is 4.39 Å². The van der Waals surface area contributed by atoms with E-state index in [1.54, 1.807) is 29.7 Å². The quantitative estimate of drug-likeness (QED) is 0.909. The van der Waals surface area contributed by atoms with E-state index < -0.39 is 5.82 Å². The number of benzene rings is 1. The minimum atomic E-state index is -0.438. The highest BCUT2D eigenvalue weighted by atomic mass is 32.1. The van der Waals surface area contributed by atoms with Crippen molar-refractivity contribution in [3.8, 4) is 6.07 Å². The average molecular weight is 275 g/mol. The topological polar surface area (TPSA) is 48.7 Å². The normalized spacial score (nSPS) is 12.1. The highest BCUT2D eigenvalue weighted by molar-refractivity contribution is 7.09. The lowest BCUT2D eigenvalue weighted by Crippen LogP contribution is -2.20. The molecule has 5 heteroatoms. The molecule has 2 rings (SSSR count). The van der Waals surface area contributed by atoms with E-state index in [1.807, 2.05) is 11.4 Å². The summed E-state index contributed by atoms with van der Waals surface area (Å²) in [6.07, 6.45) is 2.65. The molecule has 0 fully saturated rings. The Labute approximate surface area is 115 Å². The van der Waals surface area contributed by atoms with Crippen molar-refractivity contribution in [3.05, 3.63) is 51.7 Å². The minimum absolute atomic E-state index is 0.0848. The Morgan fingerprint density at radius 1 is 1.53 bits per heavy atom. The summed E-state index contributed by atoms with van der Waals surface area (Å²) >= 11 is 1.58. The van der Waals surface area contributed by atoms with Gasteiger partial charge in [-0.05, 0) is 12.5 Å². The first-order chi connectivity index (χ1) is 9.26. The van der Waals surface area contributed by atoms with E-state index in [2.05, 4.69) is 17.2 Å². The number of hydrogen-bond acceptors (Lipinski definition) is 4. The van der Waals surface area contributed by atoms with Crippen LogP contribution in [-0.4, -0.2) is 4.98 Å². The molecular weight excluding hydrogens is 261 g/mol. The Balaban J connectivity index is 2.08. The molecule has 2 aromatic rings. The van der Waals surface area contributed by atoms with Crippen molar-refractivity contribution < 1.29 is 4.39 Å². The highest BCUT2D eigenvalue weighted by Crippen LogP contribution is 2.20. The zero-order valence-electron chi connectivity index (χ0n) is 10.6. The van der Waals surface area contributed by atoms with Gasteiger partial charge in [-0.15, -0.1) is 11.3 Å². The molecule has 0 aliphatic heterocycles. The molecule has 1 aromatic heterocycles. The molecule has 0 radical (unpaired) electrons. The van der Waals surface area contributed by atoms with Gasteiger partial charge < -0.3 is 5.32 Å². The number of halogens is 1. The van der Waals surface area contributed by atoms with Crippen molar-refractivity contribution in [2.24, 2.45) is 0 Å². The third-order valence-electron chi connectivity index (χ3n) is 2.90. The first kappa shape index (κ1) is 13.7. The molecule has 98 valence electrons. The molecule has 0 spiro atoms. The number of hydrogen-bond donors (Lipinski definition) is 1. The summed E-state index contributed by atoms with van der Waals surface area (Å²) in [6.45, 7) is 2.45. The number of nitriles is 1. The molecule has 1 heterocycles. The Morgan fingerprint density at radius 2 is 2.37 bits per heavy atom. The van der Waals surface area contributed by atoms with Crippen LogP contribution in [0.25, 0.3) is 0 Å². The second-order valence-electron chi connectivity index (χ2n) is 4.10. The van der Waals surface area contributed by atoms with Crippen molar-refractivity contribution in [1.82, 2.24) is 10.3 Å². The van der Waals surface area contributed by atoms with Crippen molar-refractivity contribution in [2.45, 2.75) is 25.9 Å².